The molecule has 2 saturated heterocycles. The highest BCUT2D eigenvalue weighted by Gasteiger charge is 2.29. The smallest absolute Gasteiger partial charge is 0.410 e. The van der Waals surface area contributed by atoms with Crippen LogP contribution >= 0.6 is 11.3 Å². The molecule has 0 atom stereocenters. The summed E-state index contributed by atoms with van der Waals surface area (Å²) in [6.07, 6.45) is 2.24. The lowest BCUT2D eigenvalue weighted by Gasteiger charge is -2.37. The Hall–Kier alpha value is -3.18. The molecule has 2 amide bonds. The minimum atomic E-state index is -0.257. The number of aromatic amines is 1. The Kier molecular flexibility index (Phi) is 5.37. The highest BCUT2D eigenvalue weighted by atomic mass is 32.1. The van der Waals surface area contributed by atoms with Crippen LogP contribution in [-0.4, -0.2) is 88.8 Å². The average molecular weight is 483 g/mol. The molecular formula is C23H26N6O4S. The topological polar surface area (TPSA) is 104 Å². The third kappa shape index (κ3) is 3.88. The lowest BCUT2D eigenvalue weighted by molar-refractivity contribution is -0.129. The van der Waals surface area contributed by atoms with Crippen molar-refractivity contribution in [2.45, 2.75) is 26.0 Å². The predicted molar refractivity (Wildman–Crippen MR) is 127 cm³/mol. The van der Waals surface area contributed by atoms with E-state index >= 15 is 0 Å². The summed E-state index contributed by atoms with van der Waals surface area (Å²) in [5.74, 6) is 0.102. The first-order chi connectivity index (χ1) is 16.5. The number of nitrogens with zero attached hydrogens (tertiary/aromatic N) is 5. The Morgan fingerprint density at radius 3 is 2.74 bits per heavy atom. The van der Waals surface area contributed by atoms with Crippen molar-refractivity contribution in [2.75, 3.05) is 50.8 Å². The Labute approximate surface area is 200 Å². The Morgan fingerprint density at radius 1 is 1.18 bits per heavy atom. The van der Waals surface area contributed by atoms with Crippen molar-refractivity contribution in [1.29, 1.82) is 0 Å². The summed E-state index contributed by atoms with van der Waals surface area (Å²) in [7, 11) is 0. The normalized spacial score (nSPS) is 18.7. The van der Waals surface area contributed by atoms with E-state index in [-0.39, 0.29) is 18.1 Å². The molecule has 10 nitrogen and oxygen atoms in total. The van der Waals surface area contributed by atoms with Crippen LogP contribution in [0.2, 0.25) is 0 Å². The van der Waals surface area contributed by atoms with Crippen molar-refractivity contribution in [2.24, 2.45) is 0 Å². The minimum Gasteiger partial charge on any atom is -0.441 e. The van der Waals surface area contributed by atoms with E-state index in [1.165, 1.54) is 0 Å². The van der Waals surface area contributed by atoms with Gasteiger partial charge in [0.2, 0.25) is 5.91 Å². The number of carbonyl (C=O) groups is 2. The molecule has 0 saturated carbocycles. The lowest BCUT2D eigenvalue weighted by Crippen LogP contribution is -2.51. The lowest BCUT2D eigenvalue weighted by atomic mass is 10.2. The van der Waals surface area contributed by atoms with Crippen molar-refractivity contribution < 1.29 is 19.1 Å². The predicted octanol–water partition coefficient (Wildman–Crippen LogP) is 2.25. The van der Waals surface area contributed by atoms with Crippen LogP contribution in [0.3, 0.4) is 0 Å². The molecule has 0 bridgehead atoms. The summed E-state index contributed by atoms with van der Waals surface area (Å²) in [6.45, 7) is 6.62. The van der Waals surface area contributed by atoms with Gasteiger partial charge in [0, 0.05) is 68.2 Å². The van der Waals surface area contributed by atoms with Gasteiger partial charge in [0.1, 0.15) is 10.7 Å². The Morgan fingerprint density at radius 2 is 2.00 bits per heavy atom. The molecule has 0 aromatic carbocycles. The maximum atomic E-state index is 12.3. The number of anilines is 1. The van der Waals surface area contributed by atoms with Gasteiger partial charge in [-0.1, -0.05) is 0 Å². The molecule has 6 heterocycles. The van der Waals surface area contributed by atoms with Crippen molar-refractivity contribution in [3.8, 4) is 10.7 Å². The number of H-pyrrole nitrogens is 1. The quantitative estimate of drug-likeness (QED) is 0.611. The molecule has 3 aliphatic heterocycles. The molecule has 0 aliphatic carbocycles. The van der Waals surface area contributed by atoms with Gasteiger partial charge in [-0.2, -0.15) is 0 Å². The van der Waals surface area contributed by atoms with E-state index in [1.807, 2.05) is 17.2 Å². The SMILES string of the molecule is CC(=O)N1CCc2nc(-c3cc4c(N5CCN(C(=O)OC6COC6)CC5)ccnc4[nH]3)sc2C1. The molecule has 3 aliphatic rings. The fraction of sp³-hybridized carbons (Fsp3) is 0.478. The Balaban J connectivity index is 1.19. The highest BCUT2D eigenvalue weighted by molar-refractivity contribution is 7.15. The molecule has 0 spiro atoms. The van der Waals surface area contributed by atoms with Crippen LogP contribution in [0, 0.1) is 0 Å². The zero-order valence-electron chi connectivity index (χ0n) is 19.0. The van der Waals surface area contributed by atoms with Crippen LogP contribution in [-0.2, 0) is 27.2 Å². The number of thiazole rings is 1. The average Bonchev–Trinajstić information content (AvgIpc) is 3.44. The number of carbonyl (C=O) groups excluding carboxylic acids is 2. The zero-order valence-corrected chi connectivity index (χ0v) is 19.8. The fourth-order valence-corrected chi connectivity index (χ4v) is 5.71. The largest absolute Gasteiger partial charge is 0.441 e. The van der Waals surface area contributed by atoms with E-state index in [1.54, 1.807) is 23.2 Å². The summed E-state index contributed by atoms with van der Waals surface area (Å²) in [4.78, 5) is 44.0. The van der Waals surface area contributed by atoms with Crippen molar-refractivity contribution >= 4 is 40.1 Å². The van der Waals surface area contributed by atoms with E-state index in [4.69, 9.17) is 14.5 Å². The summed E-state index contributed by atoms with van der Waals surface area (Å²) in [6, 6.07) is 4.14. The van der Waals surface area contributed by atoms with E-state index in [9.17, 15) is 9.59 Å². The van der Waals surface area contributed by atoms with Crippen molar-refractivity contribution in [3.05, 3.63) is 28.9 Å². The van der Waals surface area contributed by atoms with Gasteiger partial charge in [-0.15, -0.1) is 11.3 Å². The number of hydrogen-bond acceptors (Lipinski definition) is 8. The van der Waals surface area contributed by atoms with E-state index in [2.05, 4.69) is 20.9 Å². The van der Waals surface area contributed by atoms with Gasteiger partial charge >= 0.3 is 6.09 Å². The van der Waals surface area contributed by atoms with Gasteiger partial charge < -0.3 is 29.2 Å². The first-order valence-corrected chi connectivity index (χ1v) is 12.4. The standard InChI is InChI=1S/C23H26N6O4S/c1-14(30)29-5-3-17-20(11-29)34-22(26-17)18-10-16-19(2-4-24-21(16)25-18)27-6-8-28(9-7-27)23(31)33-15-12-32-13-15/h2,4,10,15H,3,5-9,11-13H2,1H3,(H,24,25). The second kappa shape index (κ2) is 8.55. The van der Waals surface area contributed by atoms with E-state index in [0.717, 1.165) is 64.0 Å². The summed E-state index contributed by atoms with van der Waals surface area (Å²) in [5.41, 5.74) is 3.93. The third-order valence-electron chi connectivity index (χ3n) is 6.67. The van der Waals surface area contributed by atoms with Crippen molar-refractivity contribution in [3.63, 3.8) is 0 Å². The molecule has 34 heavy (non-hydrogen) atoms. The second-order valence-corrected chi connectivity index (χ2v) is 9.96. The maximum absolute atomic E-state index is 12.3. The van der Waals surface area contributed by atoms with Gasteiger partial charge in [0.05, 0.1) is 31.1 Å². The molecule has 178 valence electrons. The number of piperazine rings is 1. The minimum absolute atomic E-state index is 0.102. The first-order valence-electron chi connectivity index (χ1n) is 11.6. The molecule has 11 heteroatoms. The summed E-state index contributed by atoms with van der Waals surface area (Å²) in [5, 5.41) is 1.96. The Bertz CT molecular complexity index is 1240. The number of rotatable bonds is 3. The van der Waals surface area contributed by atoms with Gasteiger partial charge in [-0.05, 0) is 12.1 Å². The number of pyridine rings is 1. The summed E-state index contributed by atoms with van der Waals surface area (Å²) >= 11 is 1.64. The van der Waals surface area contributed by atoms with Gasteiger partial charge in [0.15, 0.2) is 6.10 Å². The first kappa shape index (κ1) is 21.4. The molecule has 3 aromatic rings. The molecule has 2 fully saturated rings. The van der Waals surface area contributed by atoms with Gasteiger partial charge in [-0.3, -0.25) is 4.79 Å². The van der Waals surface area contributed by atoms with Crippen LogP contribution in [0.25, 0.3) is 21.7 Å². The number of hydrogen-bond donors (Lipinski definition) is 1. The second-order valence-electron chi connectivity index (χ2n) is 8.87. The van der Waals surface area contributed by atoms with Crippen LogP contribution in [0.1, 0.15) is 17.5 Å². The van der Waals surface area contributed by atoms with Crippen LogP contribution in [0.15, 0.2) is 18.3 Å². The number of ether oxygens (including phenoxy) is 2. The fourth-order valence-electron chi connectivity index (χ4n) is 4.61. The maximum Gasteiger partial charge on any atom is 0.410 e. The number of amides is 2. The molecule has 6 rings (SSSR count). The molecule has 0 unspecified atom stereocenters. The van der Waals surface area contributed by atoms with E-state index < -0.39 is 0 Å². The van der Waals surface area contributed by atoms with Crippen molar-refractivity contribution in [1.82, 2.24) is 24.8 Å². The monoisotopic (exact) mass is 482 g/mol. The zero-order chi connectivity index (χ0) is 23.2. The van der Waals surface area contributed by atoms with Gasteiger partial charge in [-0.25, -0.2) is 14.8 Å². The van der Waals surface area contributed by atoms with E-state index in [0.29, 0.717) is 32.8 Å². The third-order valence-corrected chi connectivity index (χ3v) is 7.79. The van der Waals surface area contributed by atoms with Crippen LogP contribution in [0.4, 0.5) is 10.5 Å². The van der Waals surface area contributed by atoms with Crippen LogP contribution in [0.5, 0.6) is 0 Å². The van der Waals surface area contributed by atoms with Crippen LogP contribution < -0.4 is 4.90 Å². The van der Waals surface area contributed by atoms with Gasteiger partial charge in [0.25, 0.3) is 0 Å². The molecule has 3 aromatic heterocycles. The molecular weight excluding hydrogens is 456 g/mol. The number of nitrogens with one attached hydrogen (secondary N) is 1. The molecule has 1 N–H and O–H groups in total. The number of aromatic nitrogens is 3. The summed E-state index contributed by atoms with van der Waals surface area (Å²) < 4.78 is 10.5. The highest BCUT2D eigenvalue weighted by Crippen LogP contribution is 2.35. The molecule has 0 radical (unpaired) electrons. The number of fused-ring (bicyclic) bond motifs is 2.